The van der Waals surface area contributed by atoms with E-state index in [1.165, 1.54) is 0 Å². The Morgan fingerprint density at radius 2 is 1.65 bits per heavy atom. The average Bonchev–Trinajstić information content (AvgIpc) is 2.63. The van der Waals surface area contributed by atoms with E-state index in [0.717, 1.165) is 5.56 Å². The van der Waals surface area contributed by atoms with Crippen molar-refractivity contribution in [2.45, 2.75) is 26.8 Å². The van der Waals surface area contributed by atoms with Crippen LogP contribution in [0.1, 0.15) is 32.4 Å². The van der Waals surface area contributed by atoms with Crippen LogP contribution in [0.4, 0.5) is 0 Å². The first-order chi connectivity index (χ1) is 12.5. The molecule has 6 heteroatoms. The quantitative estimate of drug-likeness (QED) is 0.704. The second-order valence-corrected chi connectivity index (χ2v) is 6.04. The van der Waals surface area contributed by atoms with E-state index >= 15 is 0 Å². The molecule has 26 heavy (non-hydrogen) atoms. The van der Waals surface area contributed by atoms with E-state index in [4.69, 9.17) is 25.8 Å². The lowest BCUT2D eigenvalue weighted by molar-refractivity contribution is -0.123. The average molecular weight is 378 g/mol. The fourth-order valence-electron chi connectivity index (χ4n) is 2.38. The highest BCUT2D eigenvalue weighted by Gasteiger charge is 2.13. The van der Waals surface area contributed by atoms with Gasteiger partial charge in [0, 0.05) is 5.02 Å². The summed E-state index contributed by atoms with van der Waals surface area (Å²) >= 11 is 5.82. The molecule has 5 nitrogen and oxygen atoms in total. The molecular formula is C20H24ClNO4. The highest BCUT2D eigenvalue weighted by Crippen LogP contribution is 2.30. The molecule has 0 aliphatic heterocycles. The molecule has 0 fully saturated rings. The molecule has 0 aliphatic rings. The highest BCUT2D eigenvalue weighted by atomic mass is 35.5. The SMILES string of the molecule is CCOc1ccc([C@@H](C)NC(=O)COc2ccc(Cl)cc2)cc1OCC. The van der Waals surface area contributed by atoms with Gasteiger partial charge in [0.2, 0.25) is 0 Å². The summed E-state index contributed by atoms with van der Waals surface area (Å²) in [6.45, 7) is 6.79. The van der Waals surface area contributed by atoms with Crippen LogP contribution in [0.5, 0.6) is 17.2 Å². The first-order valence-electron chi connectivity index (χ1n) is 8.60. The second-order valence-electron chi connectivity index (χ2n) is 5.60. The van der Waals surface area contributed by atoms with Crippen molar-refractivity contribution in [1.29, 1.82) is 0 Å². The van der Waals surface area contributed by atoms with Crippen LogP contribution < -0.4 is 19.5 Å². The minimum Gasteiger partial charge on any atom is -0.490 e. The molecule has 0 bridgehead atoms. The Kier molecular flexibility index (Phi) is 7.60. The molecule has 0 aliphatic carbocycles. The zero-order chi connectivity index (χ0) is 18.9. The standard InChI is InChI=1S/C20H24ClNO4/c1-4-24-18-11-6-15(12-19(18)25-5-2)14(3)22-20(23)13-26-17-9-7-16(21)8-10-17/h6-12,14H,4-5,13H2,1-3H3,(H,22,23)/t14-/m1/s1. The third-order valence-electron chi connectivity index (χ3n) is 3.63. The topological polar surface area (TPSA) is 56.8 Å². The minimum absolute atomic E-state index is 0.0681. The van der Waals surface area contributed by atoms with Gasteiger partial charge in [-0.2, -0.15) is 0 Å². The first-order valence-corrected chi connectivity index (χ1v) is 8.98. The molecule has 0 heterocycles. The van der Waals surface area contributed by atoms with Gasteiger partial charge >= 0.3 is 0 Å². The lowest BCUT2D eigenvalue weighted by Crippen LogP contribution is -2.31. The smallest absolute Gasteiger partial charge is 0.258 e. The number of halogens is 1. The van der Waals surface area contributed by atoms with Gasteiger partial charge in [0.05, 0.1) is 19.3 Å². The predicted molar refractivity (Wildman–Crippen MR) is 102 cm³/mol. The minimum atomic E-state index is -0.209. The summed E-state index contributed by atoms with van der Waals surface area (Å²) in [5.41, 5.74) is 0.928. The molecule has 1 N–H and O–H groups in total. The van der Waals surface area contributed by atoms with Crippen LogP contribution in [-0.4, -0.2) is 25.7 Å². The van der Waals surface area contributed by atoms with Crippen molar-refractivity contribution >= 4 is 17.5 Å². The molecule has 2 aromatic rings. The molecule has 2 rings (SSSR count). The van der Waals surface area contributed by atoms with Crippen molar-refractivity contribution in [2.75, 3.05) is 19.8 Å². The third-order valence-corrected chi connectivity index (χ3v) is 3.88. The summed E-state index contributed by atoms with van der Waals surface area (Å²) in [5, 5.41) is 3.53. The Hall–Kier alpha value is -2.40. The number of hydrogen-bond acceptors (Lipinski definition) is 4. The van der Waals surface area contributed by atoms with Crippen LogP contribution in [0.15, 0.2) is 42.5 Å². The molecule has 0 unspecified atom stereocenters. The number of carbonyl (C=O) groups is 1. The molecule has 0 spiro atoms. The number of ether oxygens (including phenoxy) is 3. The molecule has 0 saturated heterocycles. The molecule has 0 radical (unpaired) electrons. The lowest BCUT2D eigenvalue weighted by atomic mass is 10.1. The van der Waals surface area contributed by atoms with Gasteiger partial charge in [0.25, 0.3) is 5.91 Å². The van der Waals surface area contributed by atoms with E-state index in [9.17, 15) is 4.79 Å². The maximum atomic E-state index is 12.1. The van der Waals surface area contributed by atoms with Gasteiger partial charge in [-0.05, 0) is 62.7 Å². The van der Waals surface area contributed by atoms with Crippen molar-refractivity contribution in [3.05, 3.63) is 53.1 Å². The summed E-state index contributed by atoms with van der Waals surface area (Å²) in [7, 11) is 0. The maximum absolute atomic E-state index is 12.1. The van der Waals surface area contributed by atoms with E-state index in [1.54, 1.807) is 24.3 Å². The zero-order valence-electron chi connectivity index (χ0n) is 15.3. The number of hydrogen-bond donors (Lipinski definition) is 1. The highest BCUT2D eigenvalue weighted by molar-refractivity contribution is 6.30. The van der Waals surface area contributed by atoms with Gasteiger partial charge in [-0.3, -0.25) is 4.79 Å². The first kappa shape index (κ1) is 19.9. The van der Waals surface area contributed by atoms with E-state index in [1.807, 2.05) is 39.0 Å². The zero-order valence-corrected chi connectivity index (χ0v) is 16.0. The fourth-order valence-corrected chi connectivity index (χ4v) is 2.51. The number of benzene rings is 2. The monoisotopic (exact) mass is 377 g/mol. The van der Waals surface area contributed by atoms with Crippen LogP contribution in [0.2, 0.25) is 5.02 Å². The Morgan fingerprint density at radius 3 is 2.31 bits per heavy atom. The number of amides is 1. The van der Waals surface area contributed by atoms with Gasteiger partial charge in [-0.25, -0.2) is 0 Å². The molecule has 0 saturated carbocycles. The van der Waals surface area contributed by atoms with E-state index in [-0.39, 0.29) is 18.6 Å². The van der Waals surface area contributed by atoms with E-state index in [0.29, 0.717) is 35.5 Å². The van der Waals surface area contributed by atoms with Gasteiger partial charge in [-0.1, -0.05) is 17.7 Å². The van der Waals surface area contributed by atoms with Gasteiger partial charge in [-0.15, -0.1) is 0 Å². The second kappa shape index (κ2) is 9.92. The van der Waals surface area contributed by atoms with Crippen LogP contribution in [-0.2, 0) is 4.79 Å². The van der Waals surface area contributed by atoms with Crippen molar-refractivity contribution in [1.82, 2.24) is 5.32 Å². The van der Waals surface area contributed by atoms with Crippen LogP contribution >= 0.6 is 11.6 Å². The Morgan fingerprint density at radius 1 is 1.00 bits per heavy atom. The van der Waals surface area contributed by atoms with Gasteiger partial charge < -0.3 is 19.5 Å². The Labute approximate surface area is 159 Å². The fraction of sp³-hybridized carbons (Fsp3) is 0.350. The summed E-state index contributed by atoms with van der Waals surface area (Å²) in [4.78, 5) is 12.1. The molecule has 0 aromatic heterocycles. The lowest BCUT2D eigenvalue weighted by Gasteiger charge is -2.17. The normalized spacial score (nSPS) is 11.5. The van der Waals surface area contributed by atoms with E-state index < -0.39 is 0 Å². The van der Waals surface area contributed by atoms with Gasteiger partial charge in [0.1, 0.15) is 5.75 Å². The Balaban J connectivity index is 1.95. The maximum Gasteiger partial charge on any atom is 0.258 e. The van der Waals surface area contributed by atoms with Gasteiger partial charge in [0.15, 0.2) is 18.1 Å². The largest absolute Gasteiger partial charge is 0.490 e. The third kappa shape index (κ3) is 5.85. The van der Waals surface area contributed by atoms with Crippen molar-refractivity contribution in [3.63, 3.8) is 0 Å². The van der Waals surface area contributed by atoms with Crippen molar-refractivity contribution < 1.29 is 19.0 Å². The van der Waals surface area contributed by atoms with Crippen molar-refractivity contribution in [2.24, 2.45) is 0 Å². The van der Waals surface area contributed by atoms with Crippen molar-refractivity contribution in [3.8, 4) is 17.2 Å². The predicted octanol–water partition coefficient (Wildman–Crippen LogP) is 4.39. The van der Waals surface area contributed by atoms with E-state index in [2.05, 4.69) is 5.32 Å². The number of carbonyl (C=O) groups excluding carboxylic acids is 1. The Bertz CT molecular complexity index is 718. The number of nitrogens with one attached hydrogen (secondary N) is 1. The summed E-state index contributed by atoms with van der Waals surface area (Å²) in [6, 6.07) is 12.3. The summed E-state index contributed by atoms with van der Waals surface area (Å²) in [5.74, 6) is 1.75. The summed E-state index contributed by atoms with van der Waals surface area (Å²) < 4.78 is 16.6. The molecule has 1 amide bonds. The molecule has 2 aromatic carbocycles. The van der Waals surface area contributed by atoms with Crippen LogP contribution in [0, 0.1) is 0 Å². The summed E-state index contributed by atoms with van der Waals surface area (Å²) in [6.07, 6.45) is 0. The molecule has 140 valence electrons. The number of rotatable bonds is 9. The molecular weight excluding hydrogens is 354 g/mol. The molecule has 1 atom stereocenters. The van der Waals surface area contributed by atoms with Crippen LogP contribution in [0.25, 0.3) is 0 Å². The van der Waals surface area contributed by atoms with Crippen LogP contribution in [0.3, 0.4) is 0 Å².